The highest BCUT2D eigenvalue weighted by atomic mass is 16.5. The largest absolute Gasteiger partial charge is 0.378 e. The van der Waals surface area contributed by atoms with Crippen molar-refractivity contribution in [3.63, 3.8) is 0 Å². The van der Waals surface area contributed by atoms with Crippen LogP contribution in [0.5, 0.6) is 0 Å². The van der Waals surface area contributed by atoms with Crippen LogP contribution in [-0.2, 0) is 4.74 Å². The molecule has 0 saturated carbocycles. The van der Waals surface area contributed by atoms with Crippen molar-refractivity contribution in [2.45, 2.75) is 25.9 Å². The first-order valence-electron chi connectivity index (χ1n) is 4.90. The standard InChI is InChI=1S/C9H20N2O/c1-2-9-8(3-6-12-9)7-11-5-4-10/h8-9,11H,2-7,10H2,1H3. The molecule has 1 aliphatic heterocycles. The van der Waals surface area contributed by atoms with Crippen molar-refractivity contribution in [1.82, 2.24) is 5.32 Å². The van der Waals surface area contributed by atoms with Crippen LogP contribution in [0.4, 0.5) is 0 Å². The smallest absolute Gasteiger partial charge is 0.0613 e. The fourth-order valence-electron chi connectivity index (χ4n) is 1.77. The highest BCUT2D eigenvalue weighted by Gasteiger charge is 2.25. The maximum Gasteiger partial charge on any atom is 0.0613 e. The average molecular weight is 172 g/mol. The molecule has 1 rings (SSSR count). The van der Waals surface area contributed by atoms with Gasteiger partial charge >= 0.3 is 0 Å². The fraction of sp³-hybridized carbons (Fsp3) is 1.00. The first-order chi connectivity index (χ1) is 5.88. The van der Waals surface area contributed by atoms with Crippen molar-refractivity contribution in [2.75, 3.05) is 26.2 Å². The summed E-state index contributed by atoms with van der Waals surface area (Å²) in [6.07, 6.45) is 2.82. The Bertz CT molecular complexity index is 119. The fourth-order valence-corrected chi connectivity index (χ4v) is 1.77. The Kier molecular flexibility index (Phi) is 4.58. The minimum absolute atomic E-state index is 0.482. The van der Waals surface area contributed by atoms with Crippen molar-refractivity contribution in [3.05, 3.63) is 0 Å². The Morgan fingerprint density at radius 1 is 1.58 bits per heavy atom. The van der Waals surface area contributed by atoms with Crippen LogP contribution >= 0.6 is 0 Å². The first-order valence-corrected chi connectivity index (χ1v) is 4.90. The molecule has 0 bridgehead atoms. The normalized spacial score (nSPS) is 29.5. The molecule has 0 amide bonds. The monoisotopic (exact) mass is 172 g/mol. The van der Waals surface area contributed by atoms with Crippen molar-refractivity contribution in [1.29, 1.82) is 0 Å². The van der Waals surface area contributed by atoms with Gasteiger partial charge in [-0.3, -0.25) is 0 Å². The Labute approximate surface area is 74.7 Å². The zero-order valence-corrected chi connectivity index (χ0v) is 7.88. The third-order valence-electron chi connectivity index (χ3n) is 2.48. The molecular weight excluding hydrogens is 152 g/mol. The van der Waals surface area contributed by atoms with Crippen molar-refractivity contribution in [3.8, 4) is 0 Å². The Morgan fingerprint density at radius 3 is 3.08 bits per heavy atom. The van der Waals surface area contributed by atoms with E-state index in [1.54, 1.807) is 0 Å². The molecule has 0 aromatic rings. The lowest BCUT2D eigenvalue weighted by molar-refractivity contribution is 0.0874. The molecule has 0 aromatic heterocycles. The summed E-state index contributed by atoms with van der Waals surface area (Å²) in [7, 11) is 0. The summed E-state index contributed by atoms with van der Waals surface area (Å²) in [6, 6.07) is 0. The van der Waals surface area contributed by atoms with E-state index in [0.29, 0.717) is 12.0 Å². The Balaban J connectivity index is 2.12. The first kappa shape index (κ1) is 9.96. The van der Waals surface area contributed by atoms with Crippen LogP contribution < -0.4 is 11.1 Å². The predicted octanol–water partition coefficient (Wildman–Crippen LogP) is 0.350. The molecule has 2 unspecified atom stereocenters. The van der Waals surface area contributed by atoms with Gasteiger partial charge in [-0.15, -0.1) is 0 Å². The van der Waals surface area contributed by atoms with Gasteiger partial charge in [0.25, 0.3) is 0 Å². The number of hydrogen-bond donors (Lipinski definition) is 2. The lowest BCUT2D eigenvalue weighted by atomic mass is 10.00. The zero-order valence-electron chi connectivity index (χ0n) is 7.88. The van der Waals surface area contributed by atoms with Crippen LogP contribution in [0.3, 0.4) is 0 Å². The second-order valence-corrected chi connectivity index (χ2v) is 3.36. The summed E-state index contributed by atoms with van der Waals surface area (Å²) in [4.78, 5) is 0. The van der Waals surface area contributed by atoms with Crippen molar-refractivity contribution < 1.29 is 4.74 Å². The van der Waals surface area contributed by atoms with E-state index in [2.05, 4.69) is 12.2 Å². The SMILES string of the molecule is CCC1OCCC1CNCCN. The molecule has 0 spiro atoms. The van der Waals surface area contributed by atoms with E-state index in [1.165, 1.54) is 6.42 Å². The average Bonchev–Trinajstić information content (AvgIpc) is 2.52. The minimum atomic E-state index is 0.482. The second-order valence-electron chi connectivity index (χ2n) is 3.36. The van der Waals surface area contributed by atoms with E-state index in [0.717, 1.165) is 32.7 Å². The maximum absolute atomic E-state index is 5.57. The highest BCUT2D eigenvalue weighted by molar-refractivity contribution is 4.76. The molecule has 0 aliphatic carbocycles. The van der Waals surface area contributed by atoms with Crippen LogP contribution in [0.1, 0.15) is 19.8 Å². The van der Waals surface area contributed by atoms with E-state index in [-0.39, 0.29) is 0 Å². The minimum Gasteiger partial charge on any atom is -0.378 e. The van der Waals surface area contributed by atoms with E-state index in [4.69, 9.17) is 10.5 Å². The van der Waals surface area contributed by atoms with Crippen LogP contribution in [0.25, 0.3) is 0 Å². The van der Waals surface area contributed by atoms with Gasteiger partial charge in [-0.05, 0) is 18.8 Å². The van der Waals surface area contributed by atoms with Gasteiger partial charge in [-0.1, -0.05) is 6.92 Å². The molecule has 2 atom stereocenters. The summed E-state index contributed by atoms with van der Waals surface area (Å²) >= 11 is 0. The highest BCUT2D eigenvalue weighted by Crippen LogP contribution is 2.22. The van der Waals surface area contributed by atoms with Gasteiger partial charge in [0.1, 0.15) is 0 Å². The molecule has 1 fully saturated rings. The van der Waals surface area contributed by atoms with Crippen molar-refractivity contribution >= 4 is 0 Å². The van der Waals surface area contributed by atoms with Gasteiger partial charge in [-0.25, -0.2) is 0 Å². The van der Waals surface area contributed by atoms with E-state index >= 15 is 0 Å². The summed E-state index contributed by atoms with van der Waals surface area (Å²) in [5, 5.41) is 3.34. The Hall–Kier alpha value is -0.120. The third kappa shape index (κ3) is 2.73. The molecular formula is C9H20N2O. The van der Waals surface area contributed by atoms with Gasteiger partial charge in [0.05, 0.1) is 6.10 Å². The zero-order chi connectivity index (χ0) is 8.81. The van der Waals surface area contributed by atoms with Crippen LogP contribution in [0.2, 0.25) is 0 Å². The van der Waals surface area contributed by atoms with Gasteiger partial charge in [-0.2, -0.15) is 0 Å². The van der Waals surface area contributed by atoms with Gasteiger partial charge in [0.15, 0.2) is 0 Å². The molecule has 12 heavy (non-hydrogen) atoms. The molecule has 1 aliphatic rings. The molecule has 3 nitrogen and oxygen atoms in total. The molecule has 0 radical (unpaired) electrons. The number of nitrogens with two attached hydrogens (primary N) is 1. The van der Waals surface area contributed by atoms with Crippen LogP contribution in [0, 0.1) is 5.92 Å². The maximum atomic E-state index is 5.57. The molecule has 3 N–H and O–H groups in total. The number of ether oxygens (including phenoxy) is 1. The van der Waals surface area contributed by atoms with E-state index in [1.807, 2.05) is 0 Å². The lowest BCUT2D eigenvalue weighted by Gasteiger charge is -2.16. The van der Waals surface area contributed by atoms with E-state index in [9.17, 15) is 0 Å². The second kappa shape index (κ2) is 5.51. The number of nitrogens with one attached hydrogen (secondary N) is 1. The summed E-state index contributed by atoms with van der Waals surface area (Å²) in [5.41, 5.74) is 5.39. The number of rotatable bonds is 5. The summed E-state index contributed by atoms with van der Waals surface area (Å²) in [6.45, 7) is 5.84. The summed E-state index contributed by atoms with van der Waals surface area (Å²) < 4.78 is 5.57. The summed E-state index contributed by atoms with van der Waals surface area (Å²) in [5.74, 6) is 0.710. The quantitative estimate of drug-likeness (QED) is 0.588. The molecule has 72 valence electrons. The van der Waals surface area contributed by atoms with E-state index < -0.39 is 0 Å². The number of hydrogen-bond acceptors (Lipinski definition) is 3. The predicted molar refractivity (Wildman–Crippen MR) is 50.1 cm³/mol. The topological polar surface area (TPSA) is 47.3 Å². The van der Waals surface area contributed by atoms with Crippen LogP contribution in [-0.4, -0.2) is 32.3 Å². The third-order valence-corrected chi connectivity index (χ3v) is 2.48. The lowest BCUT2D eigenvalue weighted by Crippen LogP contribution is -2.31. The van der Waals surface area contributed by atoms with Gasteiger partial charge in [0, 0.05) is 26.2 Å². The molecule has 1 saturated heterocycles. The molecule has 3 heteroatoms. The molecule has 0 aromatic carbocycles. The van der Waals surface area contributed by atoms with Gasteiger partial charge in [0.2, 0.25) is 0 Å². The van der Waals surface area contributed by atoms with Gasteiger partial charge < -0.3 is 15.8 Å². The van der Waals surface area contributed by atoms with Crippen LogP contribution in [0.15, 0.2) is 0 Å². The van der Waals surface area contributed by atoms with Crippen molar-refractivity contribution in [2.24, 2.45) is 11.7 Å². The Morgan fingerprint density at radius 2 is 2.42 bits per heavy atom. The molecule has 1 heterocycles.